The van der Waals surface area contributed by atoms with Crippen LogP contribution in [0.5, 0.6) is 5.75 Å². The standard InChI is InChI=1S/C18H30OSi/c1-14-13-15(18(5)11-8-12-18)9-10-16(14)19-20(6,7)17(2,3)4/h9-10,13H,8,11-12H2,1-7H3. The Balaban J connectivity index is 2.23. The van der Waals surface area contributed by atoms with Crippen LogP contribution in [-0.4, -0.2) is 8.32 Å². The van der Waals surface area contributed by atoms with Crippen molar-refractivity contribution < 1.29 is 4.43 Å². The molecule has 0 radical (unpaired) electrons. The van der Waals surface area contributed by atoms with Gasteiger partial charge in [-0.3, -0.25) is 0 Å². The minimum atomic E-state index is -1.73. The van der Waals surface area contributed by atoms with Crippen LogP contribution in [0, 0.1) is 6.92 Å². The minimum Gasteiger partial charge on any atom is -0.543 e. The van der Waals surface area contributed by atoms with Gasteiger partial charge >= 0.3 is 0 Å². The van der Waals surface area contributed by atoms with E-state index in [0.717, 1.165) is 5.75 Å². The van der Waals surface area contributed by atoms with Crippen molar-refractivity contribution in [2.24, 2.45) is 0 Å². The van der Waals surface area contributed by atoms with Crippen LogP contribution in [0.1, 0.15) is 58.1 Å². The monoisotopic (exact) mass is 290 g/mol. The van der Waals surface area contributed by atoms with Crippen LogP contribution in [0.15, 0.2) is 18.2 Å². The van der Waals surface area contributed by atoms with Crippen LogP contribution < -0.4 is 4.43 Å². The van der Waals surface area contributed by atoms with Crippen LogP contribution in [0.2, 0.25) is 18.1 Å². The van der Waals surface area contributed by atoms with Crippen molar-refractivity contribution in [2.45, 2.75) is 77.4 Å². The fraction of sp³-hybridized carbons (Fsp3) is 0.667. The molecule has 0 amide bonds. The van der Waals surface area contributed by atoms with Gasteiger partial charge in [-0.15, -0.1) is 0 Å². The summed E-state index contributed by atoms with van der Waals surface area (Å²) in [4.78, 5) is 0. The van der Waals surface area contributed by atoms with E-state index in [1.54, 1.807) is 0 Å². The Morgan fingerprint density at radius 3 is 2.15 bits per heavy atom. The Kier molecular flexibility index (Phi) is 3.83. The molecule has 1 aromatic rings. The summed E-state index contributed by atoms with van der Waals surface area (Å²) >= 11 is 0. The molecule has 0 N–H and O–H groups in total. The number of aryl methyl sites for hydroxylation is 1. The predicted molar refractivity (Wildman–Crippen MR) is 90.2 cm³/mol. The minimum absolute atomic E-state index is 0.248. The molecule has 1 fully saturated rings. The molecule has 1 nitrogen and oxygen atoms in total. The quantitative estimate of drug-likeness (QED) is 0.637. The van der Waals surface area contributed by atoms with Gasteiger partial charge in [0.05, 0.1) is 0 Å². The number of rotatable bonds is 3. The van der Waals surface area contributed by atoms with Crippen LogP contribution in [-0.2, 0) is 5.41 Å². The molecule has 1 aliphatic rings. The van der Waals surface area contributed by atoms with Crippen LogP contribution in [0.4, 0.5) is 0 Å². The second kappa shape index (κ2) is 4.90. The summed E-state index contributed by atoms with van der Waals surface area (Å²) in [5.41, 5.74) is 3.20. The average molecular weight is 291 g/mol. The van der Waals surface area contributed by atoms with Crippen molar-refractivity contribution in [1.29, 1.82) is 0 Å². The Morgan fingerprint density at radius 1 is 1.15 bits per heavy atom. The Labute approximate surface area is 125 Å². The van der Waals surface area contributed by atoms with Crippen LogP contribution >= 0.6 is 0 Å². The van der Waals surface area contributed by atoms with Gasteiger partial charge in [0.15, 0.2) is 0 Å². The van der Waals surface area contributed by atoms with Gasteiger partial charge in [0, 0.05) is 0 Å². The average Bonchev–Trinajstić information content (AvgIpc) is 2.27. The third-order valence-corrected chi connectivity index (χ3v) is 9.84. The summed E-state index contributed by atoms with van der Waals surface area (Å²) in [5, 5.41) is 0.248. The van der Waals surface area contributed by atoms with E-state index in [1.165, 1.54) is 30.4 Å². The zero-order valence-electron chi connectivity index (χ0n) is 14.3. The van der Waals surface area contributed by atoms with Crippen molar-refractivity contribution in [3.05, 3.63) is 29.3 Å². The fourth-order valence-corrected chi connectivity index (χ4v) is 3.65. The fourth-order valence-electron chi connectivity index (χ4n) is 2.56. The van der Waals surface area contributed by atoms with Crippen LogP contribution in [0.25, 0.3) is 0 Å². The largest absolute Gasteiger partial charge is 0.543 e. The van der Waals surface area contributed by atoms with E-state index in [1.807, 2.05) is 0 Å². The summed E-state index contributed by atoms with van der Waals surface area (Å²) in [7, 11) is -1.73. The van der Waals surface area contributed by atoms with Gasteiger partial charge in [-0.2, -0.15) is 0 Å². The van der Waals surface area contributed by atoms with Gasteiger partial charge in [-0.05, 0) is 60.5 Å². The third-order valence-electron chi connectivity index (χ3n) is 5.50. The molecule has 0 unspecified atom stereocenters. The maximum absolute atomic E-state index is 6.46. The van der Waals surface area contributed by atoms with Gasteiger partial charge in [-0.1, -0.05) is 46.2 Å². The van der Waals surface area contributed by atoms with E-state index < -0.39 is 8.32 Å². The summed E-state index contributed by atoms with van der Waals surface area (Å²) < 4.78 is 6.46. The molecule has 0 atom stereocenters. The van der Waals surface area contributed by atoms with E-state index in [0.29, 0.717) is 5.41 Å². The van der Waals surface area contributed by atoms with Gasteiger partial charge in [0.1, 0.15) is 5.75 Å². The highest BCUT2D eigenvalue weighted by Crippen LogP contribution is 2.44. The molecule has 1 aromatic carbocycles. The topological polar surface area (TPSA) is 9.23 Å². The molecule has 2 rings (SSSR count). The van der Waals surface area contributed by atoms with Gasteiger partial charge in [0.25, 0.3) is 0 Å². The number of hydrogen-bond donors (Lipinski definition) is 0. The Morgan fingerprint density at radius 2 is 1.75 bits per heavy atom. The van der Waals surface area contributed by atoms with Gasteiger partial charge < -0.3 is 4.43 Å². The lowest BCUT2D eigenvalue weighted by Crippen LogP contribution is -2.44. The highest BCUT2D eigenvalue weighted by molar-refractivity contribution is 6.74. The highest BCUT2D eigenvalue weighted by atomic mass is 28.4. The first-order valence-electron chi connectivity index (χ1n) is 7.85. The summed E-state index contributed by atoms with van der Waals surface area (Å²) in [6.07, 6.45) is 4.03. The molecule has 2 heteroatoms. The third kappa shape index (κ3) is 2.81. The lowest BCUT2D eigenvalue weighted by atomic mass is 9.66. The van der Waals surface area contributed by atoms with Crippen molar-refractivity contribution in [3.63, 3.8) is 0 Å². The summed E-state index contributed by atoms with van der Waals surface area (Å²) in [6.45, 7) is 16.1. The first-order chi connectivity index (χ1) is 9.05. The number of hydrogen-bond acceptors (Lipinski definition) is 1. The zero-order valence-corrected chi connectivity index (χ0v) is 15.3. The van der Waals surface area contributed by atoms with Crippen molar-refractivity contribution in [1.82, 2.24) is 0 Å². The van der Waals surface area contributed by atoms with E-state index in [9.17, 15) is 0 Å². The molecule has 0 saturated heterocycles. The maximum atomic E-state index is 6.46. The summed E-state index contributed by atoms with van der Waals surface area (Å²) in [5.74, 6) is 1.09. The lowest BCUT2D eigenvalue weighted by molar-refractivity contribution is 0.272. The van der Waals surface area contributed by atoms with E-state index in [2.05, 4.69) is 65.9 Å². The SMILES string of the molecule is Cc1cc(C2(C)CCC2)ccc1O[Si](C)(C)C(C)(C)C. The molecule has 1 saturated carbocycles. The van der Waals surface area contributed by atoms with E-state index in [4.69, 9.17) is 4.43 Å². The molecular weight excluding hydrogens is 260 g/mol. The normalized spacial score (nSPS) is 18.6. The van der Waals surface area contributed by atoms with Crippen molar-refractivity contribution in [3.8, 4) is 5.75 Å². The Hall–Kier alpha value is -0.763. The predicted octanol–water partition coefficient (Wildman–Crippen LogP) is 5.82. The smallest absolute Gasteiger partial charge is 0.250 e. The molecule has 0 aromatic heterocycles. The van der Waals surface area contributed by atoms with E-state index >= 15 is 0 Å². The summed E-state index contributed by atoms with van der Waals surface area (Å²) in [6, 6.07) is 6.84. The van der Waals surface area contributed by atoms with Crippen molar-refractivity contribution in [2.75, 3.05) is 0 Å². The van der Waals surface area contributed by atoms with Gasteiger partial charge in [-0.25, -0.2) is 0 Å². The van der Waals surface area contributed by atoms with Crippen LogP contribution in [0.3, 0.4) is 0 Å². The second-order valence-corrected chi connectivity index (χ2v) is 13.0. The molecule has 20 heavy (non-hydrogen) atoms. The van der Waals surface area contributed by atoms with Gasteiger partial charge in [0.2, 0.25) is 8.32 Å². The number of benzene rings is 1. The molecule has 0 heterocycles. The molecule has 0 spiro atoms. The molecule has 1 aliphatic carbocycles. The zero-order chi connectivity index (χ0) is 15.2. The van der Waals surface area contributed by atoms with Crippen molar-refractivity contribution >= 4 is 8.32 Å². The maximum Gasteiger partial charge on any atom is 0.250 e. The first kappa shape index (κ1) is 15.6. The Bertz CT molecular complexity index is 493. The van der Waals surface area contributed by atoms with E-state index in [-0.39, 0.29) is 5.04 Å². The molecule has 0 aliphatic heterocycles. The molecule has 112 valence electrons. The molecular formula is C18H30OSi. The molecule has 0 bridgehead atoms. The highest BCUT2D eigenvalue weighted by Gasteiger charge is 2.39. The second-order valence-electron chi connectivity index (χ2n) is 8.26. The lowest BCUT2D eigenvalue weighted by Gasteiger charge is -2.40. The first-order valence-corrected chi connectivity index (χ1v) is 10.8.